The number of rotatable bonds is 0. The molecule has 0 bridgehead atoms. The van der Waals surface area contributed by atoms with E-state index < -0.39 is 0 Å². The number of aromatic amines is 1. The van der Waals surface area contributed by atoms with Crippen molar-refractivity contribution in [3.8, 4) is 0 Å². The van der Waals surface area contributed by atoms with Crippen LogP contribution >= 0.6 is 12.4 Å². The summed E-state index contributed by atoms with van der Waals surface area (Å²) in [7, 11) is 0. The highest BCUT2D eigenvalue weighted by atomic mass is 35.5. The summed E-state index contributed by atoms with van der Waals surface area (Å²) in [5.41, 5.74) is 13.2. The molecule has 12 heavy (non-hydrogen) atoms. The van der Waals surface area contributed by atoms with E-state index in [1.54, 1.807) is 12.3 Å². The van der Waals surface area contributed by atoms with E-state index in [1.807, 2.05) is 6.07 Å². The van der Waals surface area contributed by atoms with E-state index in [4.69, 9.17) is 11.5 Å². The van der Waals surface area contributed by atoms with E-state index >= 15 is 0 Å². The van der Waals surface area contributed by atoms with Crippen LogP contribution in [0.5, 0.6) is 0 Å². The Morgan fingerprint density at radius 3 is 2.75 bits per heavy atom. The second kappa shape index (κ2) is 2.91. The van der Waals surface area contributed by atoms with Gasteiger partial charge >= 0.3 is 0 Å². The number of nitrogen functional groups attached to an aromatic ring is 2. The number of halogens is 1. The smallest absolute Gasteiger partial charge is 0.0900 e. The molecule has 0 unspecified atom stereocenters. The van der Waals surface area contributed by atoms with Crippen LogP contribution in [0.3, 0.4) is 0 Å². The summed E-state index contributed by atoms with van der Waals surface area (Å²) in [6.45, 7) is 0. The van der Waals surface area contributed by atoms with Crippen LogP contribution in [-0.4, -0.2) is 10.2 Å². The molecule has 5 heteroatoms. The maximum absolute atomic E-state index is 5.67. The summed E-state index contributed by atoms with van der Waals surface area (Å²) in [6, 6.07) is 3.65. The number of hydrogen-bond donors (Lipinski definition) is 3. The van der Waals surface area contributed by atoms with Gasteiger partial charge in [0.05, 0.1) is 23.1 Å². The van der Waals surface area contributed by atoms with Gasteiger partial charge in [0.1, 0.15) is 0 Å². The Balaban J connectivity index is 0.000000720. The molecule has 0 amide bonds. The Morgan fingerprint density at radius 1 is 1.25 bits per heavy atom. The lowest BCUT2D eigenvalue weighted by Gasteiger charge is -1.98. The SMILES string of the molecule is Cl.Nc1ccc2cn[nH]c2c1N. The first-order valence-corrected chi connectivity index (χ1v) is 3.26. The second-order valence-corrected chi connectivity index (χ2v) is 2.40. The van der Waals surface area contributed by atoms with Gasteiger partial charge in [0, 0.05) is 5.39 Å². The Morgan fingerprint density at radius 2 is 2.00 bits per heavy atom. The highest BCUT2D eigenvalue weighted by Gasteiger charge is 2.01. The number of anilines is 2. The van der Waals surface area contributed by atoms with Gasteiger partial charge in [-0.15, -0.1) is 12.4 Å². The van der Waals surface area contributed by atoms with Gasteiger partial charge in [0.25, 0.3) is 0 Å². The van der Waals surface area contributed by atoms with Crippen LogP contribution in [0.1, 0.15) is 0 Å². The van der Waals surface area contributed by atoms with Crippen molar-refractivity contribution in [2.24, 2.45) is 0 Å². The van der Waals surface area contributed by atoms with E-state index in [2.05, 4.69) is 10.2 Å². The minimum atomic E-state index is 0. The van der Waals surface area contributed by atoms with Crippen molar-refractivity contribution >= 4 is 34.7 Å². The first-order chi connectivity index (χ1) is 5.29. The first-order valence-electron chi connectivity index (χ1n) is 3.26. The average molecular weight is 185 g/mol. The third kappa shape index (κ3) is 1.06. The highest BCUT2D eigenvalue weighted by Crippen LogP contribution is 2.23. The van der Waals surface area contributed by atoms with Crippen LogP contribution in [0.25, 0.3) is 10.9 Å². The van der Waals surface area contributed by atoms with Crippen molar-refractivity contribution in [2.75, 3.05) is 11.5 Å². The zero-order valence-electron chi connectivity index (χ0n) is 6.24. The predicted octanol–water partition coefficient (Wildman–Crippen LogP) is 1.15. The summed E-state index contributed by atoms with van der Waals surface area (Å²) in [6.07, 6.45) is 1.71. The van der Waals surface area contributed by atoms with Crippen molar-refractivity contribution in [3.63, 3.8) is 0 Å². The van der Waals surface area contributed by atoms with Crippen LogP contribution < -0.4 is 11.5 Å². The number of nitrogens with two attached hydrogens (primary N) is 2. The third-order valence-corrected chi connectivity index (χ3v) is 1.69. The maximum Gasteiger partial charge on any atom is 0.0900 e. The molecule has 0 saturated heterocycles. The minimum Gasteiger partial charge on any atom is -0.397 e. The van der Waals surface area contributed by atoms with E-state index in [9.17, 15) is 0 Å². The maximum atomic E-state index is 5.67. The van der Waals surface area contributed by atoms with Crippen molar-refractivity contribution < 1.29 is 0 Å². The van der Waals surface area contributed by atoms with Gasteiger partial charge < -0.3 is 11.5 Å². The molecular weight excluding hydrogens is 176 g/mol. The van der Waals surface area contributed by atoms with Gasteiger partial charge in [-0.3, -0.25) is 5.10 Å². The normalized spacial score (nSPS) is 9.67. The molecular formula is C7H9ClN4. The number of nitrogens with one attached hydrogen (secondary N) is 1. The minimum absolute atomic E-state index is 0. The van der Waals surface area contributed by atoms with Gasteiger partial charge in [-0.2, -0.15) is 5.10 Å². The molecule has 1 aromatic carbocycles. The van der Waals surface area contributed by atoms with E-state index in [0.29, 0.717) is 11.4 Å². The second-order valence-electron chi connectivity index (χ2n) is 2.40. The van der Waals surface area contributed by atoms with Crippen molar-refractivity contribution in [1.82, 2.24) is 10.2 Å². The number of H-pyrrole nitrogens is 1. The molecule has 0 aliphatic rings. The van der Waals surface area contributed by atoms with E-state index in [0.717, 1.165) is 10.9 Å². The fourth-order valence-electron chi connectivity index (χ4n) is 1.05. The van der Waals surface area contributed by atoms with E-state index in [-0.39, 0.29) is 12.4 Å². The molecule has 0 fully saturated rings. The molecule has 0 aliphatic carbocycles. The lowest BCUT2D eigenvalue weighted by molar-refractivity contribution is 1.12. The molecule has 2 rings (SSSR count). The van der Waals surface area contributed by atoms with Crippen LogP contribution in [0.2, 0.25) is 0 Å². The molecule has 1 heterocycles. The Kier molecular flexibility index (Phi) is 2.10. The highest BCUT2D eigenvalue weighted by molar-refractivity contribution is 5.94. The average Bonchev–Trinajstić information content (AvgIpc) is 2.45. The molecule has 0 spiro atoms. The molecule has 0 aliphatic heterocycles. The summed E-state index contributed by atoms with van der Waals surface area (Å²) in [5, 5.41) is 7.60. The van der Waals surface area contributed by atoms with Gasteiger partial charge in [0.2, 0.25) is 0 Å². The van der Waals surface area contributed by atoms with Gasteiger partial charge in [-0.25, -0.2) is 0 Å². The topological polar surface area (TPSA) is 80.7 Å². The Labute approximate surface area is 75.3 Å². The number of aromatic nitrogens is 2. The summed E-state index contributed by atoms with van der Waals surface area (Å²) in [4.78, 5) is 0. The molecule has 0 radical (unpaired) electrons. The van der Waals surface area contributed by atoms with Crippen LogP contribution in [0.15, 0.2) is 18.3 Å². The number of benzene rings is 1. The van der Waals surface area contributed by atoms with Crippen LogP contribution in [0, 0.1) is 0 Å². The quantitative estimate of drug-likeness (QED) is 0.538. The number of nitrogens with zero attached hydrogens (tertiary/aromatic N) is 1. The summed E-state index contributed by atoms with van der Waals surface area (Å²) in [5.74, 6) is 0. The zero-order chi connectivity index (χ0) is 7.84. The standard InChI is InChI=1S/C7H8N4.ClH/c8-5-2-1-4-3-10-11-7(4)6(5)9;/h1-3H,8-9H2,(H,10,11);1H. The van der Waals surface area contributed by atoms with Crippen molar-refractivity contribution in [3.05, 3.63) is 18.3 Å². The molecule has 0 saturated carbocycles. The monoisotopic (exact) mass is 184 g/mol. The molecule has 64 valence electrons. The van der Waals surface area contributed by atoms with Gasteiger partial charge in [-0.1, -0.05) is 0 Å². The molecule has 1 aromatic heterocycles. The summed E-state index contributed by atoms with van der Waals surface area (Å²) < 4.78 is 0. The molecule has 4 nitrogen and oxygen atoms in total. The number of fused-ring (bicyclic) bond motifs is 1. The van der Waals surface area contributed by atoms with E-state index in [1.165, 1.54) is 0 Å². The fraction of sp³-hybridized carbons (Fsp3) is 0. The third-order valence-electron chi connectivity index (χ3n) is 1.69. The molecule has 0 atom stereocenters. The fourth-order valence-corrected chi connectivity index (χ4v) is 1.05. The molecule has 2 aromatic rings. The van der Waals surface area contributed by atoms with Crippen molar-refractivity contribution in [2.45, 2.75) is 0 Å². The zero-order valence-corrected chi connectivity index (χ0v) is 7.06. The first kappa shape index (κ1) is 8.67. The molecule has 5 N–H and O–H groups in total. The Bertz CT molecular complexity index is 395. The Hall–Kier alpha value is -1.42. The van der Waals surface area contributed by atoms with Crippen molar-refractivity contribution in [1.29, 1.82) is 0 Å². The van der Waals surface area contributed by atoms with Crippen LogP contribution in [0.4, 0.5) is 11.4 Å². The predicted molar refractivity (Wildman–Crippen MR) is 52.2 cm³/mol. The lowest BCUT2D eigenvalue weighted by atomic mass is 10.2. The van der Waals surface area contributed by atoms with Crippen LogP contribution in [-0.2, 0) is 0 Å². The number of hydrogen-bond acceptors (Lipinski definition) is 3. The largest absolute Gasteiger partial charge is 0.397 e. The lowest BCUT2D eigenvalue weighted by Crippen LogP contribution is -1.94. The van der Waals surface area contributed by atoms with Gasteiger partial charge in [-0.05, 0) is 12.1 Å². The summed E-state index contributed by atoms with van der Waals surface area (Å²) >= 11 is 0. The van der Waals surface area contributed by atoms with Gasteiger partial charge in [0.15, 0.2) is 0 Å².